The second-order valence-electron chi connectivity index (χ2n) is 9.73. The highest BCUT2D eigenvalue weighted by atomic mass is 16.6. The number of para-hydroxylation sites is 1. The van der Waals surface area contributed by atoms with Crippen molar-refractivity contribution in [2.75, 3.05) is 27.2 Å². The van der Waals surface area contributed by atoms with E-state index in [1.54, 1.807) is 14.1 Å². The first-order valence-corrected chi connectivity index (χ1v) is 12.1. The fourth-order valence-electron chi connectivity index (χ4n) is 5.39. The number of rotatable bonds is 7. The Kier molecular flexibility index (Phi) is 7.27. The Hall–Kier alpha value is -2.85. The van der Waals surface area contributed by atoms with Crippen LogP contribution in [0.15, 0.2) is 24.3 Å². The molecule has 186 valence electrons. The number of likely N-dealkylation sites (N-methyl/N-ethyl adjacent to an activating group) is 1. The molecule has 0 spiro atoms. The zero-order valence-corrected chi connectivity index (χ0v) is 20.4. The van der Waals surface area contributed by atoms with Gasteiger partial charge in [0.15, 0.2) is 0 Å². The molecular weight excluding hydrogens is 436 g/mol. The van der Waals surface area contributed by atoms with E-state index in [0.717, 1.165) is 36.6 Å². The Morgan fingerprint density at radius 1 is 1.24 bits per heavy atom. The van der Waals surface area contributed by atoms with E-state index in [2.05, 4.69) is 20.6 Å². The molecule has 4 rings (SSSR count). The summed E-state index contributed by atoms with van der Waals surface area (Å²) >= 11 is 0. The first-order valence-electron chi connectivity index (χ1n) is 12.1. The highest BCUT2D eigenvalue weighted by molar-refractivity contribution is 5.87. The van der Waals surface area contributed by atoms with Crippen LogP contribution in [0, 0.1) is 0 Å². The Bertz CT molecular complexity index is 1010. The van der Waals surface area contributed by atoms with Gasteiger partial charge in [0.25, 0.3) is 5.88 Å². The number of hydrogen-bond acceptors (Lipinski definition) is 6. The van der Waals surface area contributed by atoms with E-state index in [0.29, 0.717) is 24.5 Å². The second-order valence-corrected chi connectivity index (χ2v) is 9.73. The maximum atomic E-state index is 12.7. The molecule has 10 nitrogen and oxygen atoms in total. The topological polar surface area (TPSA) is 112 Å². The Morgan fingerprint density at radius 3 is 2.56 bits per heavy atom. The quantitative estimate of drug-likeness (QED) is 0.570. The van der Waals surface area contributed by atoms with E-state index in [9.17, 15) is 14.7 Å². The first kappa shape index (κ1) is 24.3. The molecule has 1 unspecified atom stereocenters. The van der Waals surface area contributed by atoms with E-state index in [4.69, 9.17) is 4.74 Å². The highest BCUT2D eigenvalue weighted by Gasteiger charge is 2.42. The number of amides is 3. The van der Waals surface area contributed by atoms with Crippen LogP contribution >= 0.6 is 0 Å². The fourth-order valence-corrected chi connectivity index (χ4v) is 5.39. The molecule has 2 bridgehead atoms. The number of aliphatic hydroxyl groups is 1. The van der Waals surface area contributed by atoms with Crippen molar-refractivity contribution in [2.24, 2.45) is 0 Å². The van der Waals surface area contributed by atoms with Crippen molar-refractivity contribution in [2.45, 2.75) is 69.8 Å². The standard InChI is InChI=1S/C24H36N6O4/c1-15(2)30-21-8-6-5-7-20(21)22(27-30)34-24(33)26-16-11-17-9-10-18(12-16)29(17)14-19(31)13-28(4)23(32)25-3/h5-8,15-19,31H,9-14H2,1-4H3,(H,25,32)(H,26,33)/t16-,17-,18+,19?. The van der Waals surface area contributed by atoms with Crippen molar-refractivity contribution in [1.82, 2.24) is 30.2 Å². The first-order chi connectivity index (χ1) is 16.3. The van der Waals surface area contributed by atoms with E-state index in [-0.39, 0.29) is 24.7 Å². The van der Waals surface area contributed by atoms with Gasteiger partial charge in [-0.3, -0.25) is 9.58 Å². The average molecular weight is 473 g/mol. The smallest absolute Gasteiger partial charge is 0.390 e. The molecule has 2 fully saturated rings. The number of carbonyl (C=O) groups excluding carboxylic acids is 2. The average Bonchev–Trinajstić information content (AvgIpc) is 3.26. The summed E-state index contributed by atoms with van der Waals surface area (Å²) in [6.45, 7) is 4.88. The zero-order chi connectivity index (χ0) is 24.4. The van der Waals surface area contributed by atoms with Crippen LogP contribution in [0.3, 0.4) is 0 Å². The number of aromatic nitrogens is 2. The van der Waals surface area contributed by atoms with Crippen LogP contribution in [0.4, 0.5) is 9.59 Å². The minimum atomic E-state index is -0.621. The van der Waals surface area contributed by atoms with Crippen LogP contribution in [-0.4, -0.2) is 88.2 Å². The summed E-state index contributed by atoms with van der Waals surface area (Å²) < 4.78 is 7.51. The monoisotopic (exact) mass is 472 g/mol. The highest BCUT2D eigenvalue weighted by Crippen LogP contribution is 2.36. The maximum Gasteiger partial charge on any atom is 0.414 e. The second kappa shape index (κ2) is 10.2. The Labute approximate surface area is 200 Å². The predicted molar refractivity (Wildman–Crippen MR) is 129 cm³/mol. The number of nitrogens with zero attached hydrogens (tertiary/aromatic N) is 4. The number of benzene rings is 1. The van der Waals surface area contributed by atoms with E-state index >= 15 is 0 Å². The third kappa shape index (κ3) is 5.12. The van der Waals surface area contributed by atoms with Crippen LogP contribution < -0.4 is 15.4 Å². The van der Waals surface area contributed by atoms with Gasteiger partial charge in [0.2, 0.25) is 0 Å². The van der Waals surface area contributed by atoms with Gasteiger partial charge in [-0.05, 0) is 51.7 Å². The van der Waals surface area contributed by atoms with Crippen LogP contribution in [0.25, 0.3) is 10.9 Å². The lowest BCUT2D eigenvalue weighted by Crippen LogP contribution is -2.53. The fraction of sp³-hybridized carbons (Fsp3) is 0.625. The summed E-state index contributed by atoms with van der Waals surface area (Å²) in [4.78, 5) is 28.3. The molecule has 10 heteroatoms. The largest absolute Gasteiger partial charge is 0.414 e. The van der Waals surface area contributed by atoms with E-state index in [1.807, 2.05) is 42.8 Å². The van der Waals surface area contributed by atoms with Gasteiger partial charge >= 0.3 is 12.1 Å². The SMILES string of the molecule is CNC(=O)N(C)CC(O)CN1[C@@H]2CC[C@H]1C[C@H](NC(=O)Oc1nn(C(C)C)c3ccccc13)C2. The molecular formula is C24H36N6O4. The Morgan fingerprint density at radius 2 is 1.91 bits per heavy atom. The molecule has 0 saturated carbocycles. The van der Waals surface area contributed by atoms with Crippen molar-refractivity contribution in [3.63, 3.8) is 0 Å². The van der Waals surface area contributed by atoms with Crippen LogP contribution in [-0.2, 0) is 0 Å². The van der Waals surface area contributed by atoms with Gasteiger partial charge in [0, 0.05) is 51.4 Å². The summed E-state index contributed by atoms with van der Waals surface area (Å²) in [5, 5.41) is 21.5. The molecule has 3 N–H and O–H groups in total. The van der Waals surface area contributed by atoms with Gasteiger partial charge in [-0.15, -0.1) is 5.10 Å². The van der Waals surface area contributed by atoms with Gasteiger partial charge in [-0.1, -0.05) is 12.1 Å². The molecule has 3 heterocycles. The number of ether oxygens (including phenoxy) is 1. The van der Waals surface area contributed by atoms with Crippen LogP contribution in [0.5, 0.6) is 5.88 Å². The molecule has 2 aliphatic heterocycles. The molecule has 0 radical (unpaired) electrons. The van der Waals surface area contributed by atoms with Crippen molar-refractivity contribution >= 4 is 23.0 Å². The molecule has 3 amide bonds. The zero-order valence-electron chi connectivity index (χ0n) is 20.4. The van der Waals surface area contributed by atoms with Gasteiger partial charge in [0.05, 0.1) is 17.0 Å². The molecule has 2 saturated heterocycles. The summed E-state index contributed by atoms with van der Waals surface area (Å²) in [5.74, 6) is 0.325. The molecule has 2 aliphatic rings. The van der Waals surface area contributed by atoms with Crippen molar-refractivity contribution in [3.8, 4) is 5.88 Å². The number of nitrogens with one attached hydrogen (secondary N) is 2. The third-order valence-electron chi connectivity index (χ3n) is 6.93. The van der Waals surface area contributed by atoms with Gasteiger partial charge in [-0.2, -0.15) is 0 Å². The molecule has 1 aromatic heterocycles. The van der Waals surface area contributed by atoms with E-state index in [1.165, 1.54) is 4.90 Å². The molecule has 2 aromatic rings. The van der Waals surface area contributed by atoms with Crippen molar-refractivity contribution in [3.05, 3.63) is 24.3 Å². The van der Waals surface area contributed by atoms with Gasteiger partial charge < -0.3 is 25.4 Å². The van der Waals surface area contributed by atoms with E-state index < -0.39 is 12.2 Å². The van der Waals surface area contributed by atoms with Crippen molar-refractivity contribution < 1.29 is 19.4 Å². The normalized spacial score (nSPS) is 23.2. The van der Waals surface area contributed by atoms with Crippen LogP contribution in [0.1, 0.15) is 45.6 Å². The summed E-state index contributed by atoms with van der Waals surface area (Å²) in [6.07, 6.45) is 2.60. The number of piperidine rings is 1. The lowest BCUT2D eigenvalue weighted by Gasteiger charge is -2.40. The summed E-state index contributed by atoms with van der Waals surface area (Å²) in [5.41, 5.74) is 0.937. The number of hydrogen-bond donors (Lipinski definition) is 3. The summed E-state index contributed by atoms with van der Waals surface area (Å²) in [6, 6.07) is 8.29. The number of carbonyl (C=O) groups is 2. The predicted octanol–water partition coefficient (Wildman–Crippen LogP) is 2.33. The lowest BCUT2D eigenvalue weighted by atomic mass is 9.97. The minimum Gasteiger partial charge on any atom is -0.390 e. The van der Waals surface area contributed by atoms with Crippen LogP contribution in [0.2, 0.25) is 0 Å². The number of urea groups is 1. The number of fused-ring (bicyclic) bond motifs is 3. The molecule has 4 atom stereocenters. The van der Waals surface area contributed by atoms with Crippen molar-refractivity contribution in [1.29, 1.82) is 0 Å². The maximum absolute atomic E-state index is 12.7. The number of aliphatic hydroxyl groups excluding tert-OH is 1. The molecule has 1 aromatic carbocycles. The molecule has 34 heavy (non-hydrogen) atoms. The Balaban J connectivity index is 1.33. The third-order valence-corrected chi connectivity index (χ3v) is 6.93. The van der Waals surface area contributed by atoms with Gasteiger partial charge in [-0.25, -0.2) is 9.59 Å². The summed E-state index contributed by atoms with van der Waals surface area (Å²) in [7, 11) is 3.25. The minimum absolute atomic E-state index is 0.0189. The molecule has 0 aliphatic carbocycles. The lowest BCUT2D eigenvalue weighted by molar-refractivity contribution is 0.0421. The van der Waals surface area contributed by atoms with Gasteiger partial charge in [0.1, 0.15) is 0 Å².